The first-order chi connectivity index (χ1) is 6.74. The van der Waals surface area contributed by atoms with Crippen LogP contribution in [0.1, 0.15) is 12.5 Å². The summed E-state index contributed by atoms with van der Waals surface area (Å²) in [5.41, 5.74) is 2.28. The first-order valence-corrected chi connectivity index (χ1v) is 5.91. The van der Waals surface area contributed by atoms with E-state index in [1.54, 1.807) is 0 Å². The second kappa shape index (κ2) is 4.03. The Hall–Kier alpha value is -0.350. The minimum absolute atomic E-state index is 0.811. The van der Waals surface area contributed by atoms with Gasteiger partial charge in [-0.05, 0) is 34.6 Å². The van der Waals surface area contributed by atoms with Crippen molar-refractivity contribution in [2.24, 2.45) is 0 Å². The largest absolute Gasteiger partial charge is 0.255 e. The maximum absolute atomic E-state index is 6.21. The third-order valence-corrected chi connectivity index (χ3v) is 3.80. The molecule has 0 aliphatic carbocycles. The van der Waals surface area contributed by atoms with Crippen molar-refractivity contribution in [2.45, 2.75) is 13.3 Å². The molecule has 0 amide bonds. The molecule has 0 radical (unpaired) electrons. The number of nitrogens with zero attached hydrogens (tertiary/aromatic N) is 1. The maximum atomic E-state index is 6.21. The molecule has 1 aromatic heterocycles. The average molecular weight is 318 g/mol. The van der Waals surface area contributed by atoms with E-state index >= 15 is 0 Å². The Bertz CT molecular complexity index is 482. The van der Waals surface area contributed by atoms with Gasteiger partial charge in [0, 0.05) is 11.6 Å². The number of hydrogen-bond acceptors (Lipinski definition) is 1. The van der Waals surface area contributed by atoms with Crippen molar-refractivity contribution < 1.29 is 0 Å². The summed E-state index contributed by atoms with van der Waals surface area (Å²) >= 11 is 8.41. The molecule has 0 aliphatic heterocycles. The molecule has 0 N–H and O–H groups in total. The molecule has 2 rings (SSSR count). The molecule has 2 aromatic rings. The summed E-state index contributed by atoms with van der Waals surface area (Å²) in [7, 11) is 0. The minimum Gasteiger partial charge on any atom is -0.255 e. The number of fused-ring (bicyclic) bond motifs is 1. The van der Waals surface area contributed by atoms with Gasteiger partial charge in [0.1, 0.15) is 0 Å². The van der Waals surface area contributed by atoms with Crippen LogP contribution in [0.3, 0.4) is 0 Å². The first-order valence-electron chi connectivity index (χ1n) is 4.45. The van der Waals surface area contributed by atoms with Crippen LogP contribution in [-0.2, 0) is 6.42 Å². The predicted octanol–water partition coefficient (Wildman–Crippen LogP) is 4.06. The normalized spacial score (nSPS) is 10.8. The minimum atomic E-state index is 0.811. The van der Waals surface area contributed by atoms with E-state index in [9.17, 15) is 0 Å². The van der Waals surface area contributed by atoms with Crippen LogP contribution in [-0.4, -0.2) is 4.98 Å². The SMILES string of the molecule is CCc1cccc2c(Cl)c(I)cnc12. The fourth-order valence-corrected chi connectivity index (χ4v) is 2.14. The van der Waals surface area contributed by atoms with E-state index in [-0.39, 0.29) is 0 Å². The van der Waals surface area contributed by atoms with Gasteiger partial charge in [-0.15, -0.1) is 0 Å². The number of benzene rings is 1. The lowest BCUT2D eigenvalue weighted by Crippen LogP contribution is -1.89. The standard InChI is InChI=1S/C11H9ClIN/c1-2-7-4-3-5-8-10(12)9(13)6-14-11(7)8/h3-6H,2H2,1H3. The van der Waals surface area contributed by atoms with Crippen LogP contribution in [0, 0.1) is 3.57 Å². The lowest BCUT2D eigenvalue weighted by Gasteiger charge is -2.05. The summed E-state index contributed by atoms with van der Waals surface area (Å²) in [6, 6.07) is 6.15. The predicted molar refractivity (Wildman–Crippen MR) is 68.8 cm³/mol. The zero-order valence-corrected chi connectivity index (χ0v) is 10.6. The van der Waals surface area contributed by atoms with Crippen molar-refractivity contribution in [3.63, 3.8) is 0 Å². The Labute approximate surface area is 102 Å². The molecule has 1 aromatic carbocycles. The third kappa shape index (κ3) is 1.61. The van der Waals surface area contributed by atoms with Crippen LogP contribution in [0.2, 0.25) is 5.02 Å². The molecule has 0 saturated heterocycles. The van der Waals surface area contributed by atoms with Gasteiger partial charge in [-0.2, -0.15) is 0 Å². The highest BCUT2D eigenvalue weighted by Gasteiger charge is 2.06. The van der Waals surface area contributed by atoms with Gasteiger partial charge in [-0.25, -0.2) is 0 Å². The van der Waals surface area contributed by atoms with E-state index in [2.05, 4.69) is 40.6 Å². The maximum Gasteiger partial charge on any atom is 0.0749 e. The van der Waals surface area contributed by atoms with Crippen LogP contribution >= 0.6 is 34.2 Å². The van der Waals surface area contributed by atoms with Gasteiger partial charge in [-0.1, -0.05) is 36.7 Å². The monoisotopic (exact) mass is 317 g/mol. The molecule has 0 fully saturated rings. The molecule has 0 bridgehead atoms. The quantitative estimate of drug-likeness (QED) is 0.723. The Morgan fingerprint density at radius 2 is 2.21 bits per heavy atom. The third-order valence-electron chi connectivity index (χ3n) is 2.25. The molecule has 0 unspecified atom stereocenters. The van der Waals surface area contributed by atoms with E-state index < -0.39 is 0 Å². The van der Waals surface area contributed by atoms with E-state index in [1.165, 1.54) is 5.56 Å². The number of aromatic nitrogens is 1. The van der Waals surface area contributed by atoms with Crippen molar-refractivity contribution in [1.82, 2.24) is 4.98 Å². The van der Waals surface area contributed by atoms with Crippen molar-refractivity contribution in [1.29, 1.82) is 0 Å². The van der Waals surface area contributed by atoms with Crippen LogP contribution in [0.25, 0.3) is 10.9 Å². The van der Waals surface area contributed by atoms with Gasteiger partial charge in [0.25, 0.3) is 0 Å². The summed E-state index contributed by atoms with van der Waals surface area (Å²) in [5, 5.41) is 1.86. The number of para-hydroxylation sites is 1. The molecule has 1 nitrogen and oxygen atoms in total. The van der Waals surface area contributed by atoms with E-state index in [1.807, 2.05) is 18.3 Å². The van der Waals surface area contributed by atoms with Crippen molar-refractivity contribution in [3.05, 3.63) is 38.6 Å². The second-order valence-corrected chi connectivity index (χ2v) is 4.63. The van der Waals surface area contributed by atoms with E-state index in [0.29, 0.717) is 0 Å². The number of aryl methyl sites for hydroxylation is 1. The fraction of sp³-hybridized carbons (Fsp3) is 0.182. The highest BCUT2D eigenvalue weighted by molar-refractivity contribution is 14.1. The van der Waals surface area contributed by atoms with Crippen molar-refractivity contribution in [3.8, 4) is 0 Å². The Morgan fingerprint density at radius 3 is 2.93 bits per heavy atom. The number of halogens is 2. The molecule has 1 heterocycles. The molecule has 0 saturated carbocycles. The summed E-state index contributed by atoms with van der Waals surface area (Å²) in [6.45, 7) is 2.13. The highest BCUT2D eigenvalue weighted by atomic mass is 127. The zero-order chi connectivity index (χ0) is 10.1. The van der Waals surface area contributed by atoms with Gasteiger partial charge >= 0.3 is 0 Å². The molecular formula is C11H9ClIN. The number of rotatable bonds is 1. The van der Waals surface area contributed by atoms with Crippen LogP contribution in [0.5, 0.6) is 0 Å². The molecule has 0 aliphatic rings. The molecule has 72 valence electrons. The van der Waals surface area contributed by atoms with Gasteiger partial charge < -0.3 is 0 Å². The summed E-state index contributed by atoms with van der Waals surface area (Å²) < 4.78 is 1.00. The topological polar surface area (TPSA) is 12.9 Å². The summed E-state index contributed by atoms with van der Waals surface area (Å²) in [5.74, 6) is 0. The highest BCUT2D eigenvalue weighted by Crippen LogP contribution is 2.28. The van der Waals surface area contributed by atoms with E-state index in [4.69, 9.17) is 11.6 Å². The Morgan fingerprint density at radius 1 is 1.43 bits per heavy atom. The van der Waals surface area contributed by atoms with Gasteiger partial charge in [0.2, 0.25) is 0 Å². The fourth-order valence-electron chi connectivity index (χ4n) is 1.51. The lowest BCUT2D eigenvalue weighted by molar-refractivity contribution is 1.14. The molecular weight excluding hydrogens is 308 g/mol. The Kier molecular flexibility index (Phi) is 2.93. The second-order valence-electron chi connectivity index (χ2n) is 3.09. The molecule has 3 heteroatoms. The lowest BCUT2D eigenvalue weighted by atomic mass is 10.1. The average Bonchev–Trinajstić information content (AvgIpc) is 2.23. The van der Waals surface area contributed by atoms with Crippen LogP contribution < -0.4 is 0 Å². The Balaban J connectivity index is 2.86. The number of pyridine rings is 1. The summed E-state index contributed by atoms with van der Waals surface area (Å²) in [6.07, 6.45) is 2.81. The zero-order valence-electron chi connectivity index (χ0n) is 7.72. The number of hydrogen-bond donors (Lipinski definition) is 0. The van der Waals surface area contributed by atoms with Gasteiger partial charge in [0.05, 0.1) is 14.1 Å². The smallest absolute Gasteiger partial charge is 0.0749 e. The van der Waals surface area contributed by atoms with E-state index in [0.717, 1.165) is 25.9 Å². The van der Waals surface area contributed by atoms with Crippen molar-refractivity contribution >= 4 is 45.1 Å². The first kappa shape index (κ1) is 10.2. The molecule has 0 atom stereocenters. The van der Waals surface area contributed by atoms with Gasteiger partial charge in [0.15, 0.2) is 0 Å². The van der Waals surface area contributed by atoms with Gasteiger partial charge in [-0.3, -0.25) is 4.98 Å². The summed E-state index contributed by atoms with van der Waals surface area (Å²) in [4.78, 5) is 4.42. The van der Waals surface area contributed by atoms with Crippen molar-refractivity contribution in [2.75, 3.05) is 0 Å². The molecule has 0 spiro atoms. The van der Waals surface area contributed by atoms with Crippen LogP contribution in [0.15, 0.2) is 24.4 Å². The molecule has 14 heavy (non-hydrogen) atoms. The van der Waals surface area contributed by atoms with Crippen LogP contribution in [0.4, 0.5) is 0 Å².